The topological polar surface area (TPSA) is 50.7 Å². The van der Waals surface area contributed by atoms with E-state index in [0.29, 0.717) is 5.75 Å². The van der Waals surface area contributed by atoms with Gasteiger partial charge in [0, 0.05) is 12.4 Å². The van der Waals surface area contributed by atoms with E-state index in [9.17, 15) is 4.79 Å². The van der Waals surface area contributed by atoms with Gasteiger partial charge in [0.25, 0.3) is 0 Å². The number of carbonyl (C=O) groups is 1. The summed E-state index contributed by atoms with van der Waals surface area (Å²) >= 11 is 1.42. The summed E-state index contributed by atoms with van der Waals surface area (Å²) in [5.74, 6) is 0.416. The first kappa shape index (κ1) is 11.1. The van der Waals surface area contributed by atoms with E-state index in [0.717, 1.165) is 16.2 Å². The van der Waals surface area contributed by atoms with Crippen LogP contribution in [0.25, 0.3) is 11.0 Å². The minimum Gasteiger partial charge on any atom is -0.333 e. The third kappa shape index (κ3) is 2.17. The van der Waals surface area contributed by atoms with Gasteiger partial charge in [0.05, 0.1) is 16.8 Å². The number of fused-ring (bicyclic) bond motifs is 1. The number of rotatable bonds is 3. The maximum absolute atomic E-state index is 11.8. The summed E-state index contributed by atoms with van der Waals surface area (Å²) in [5.41, 5.74) is 1.92. The average Bonchev–Trinajstić information content (AvgIpc) is 3.04. The molecular formula is C13H11N3OS. The Kier molecular flexibility index (Phi) is 2.90. The van der Waals surface area contributed by atoms with Crippen LogP contribution in [0.3, 0.4) is 0 Å². The Morgan fingerprint density at radius 2 is 2.00 bits per heavy atom. The smallest absolute Gasteiger partial charge is 0.241 e. The van der Waals surface area contributed by atoms with E-state index >= 15 is 0 Å². The molecular weight excluding hydrogens is 246 g/mol. The number of para-hydroxylation sites is 2. The Morgan fingerprint density at radius 3 is 2.78 bits per heavy atom. The van der Waals surface area contributed by atoms with Gasteiger partial charge in [0.1, 0.15) is 0 Å². The number of thioether (sulfide) groups is 1. The van der Waals surface area contributed by atoms with Crippen LogP contribution in [0, 0.1) is 0 Å². The van der Waals surface area contributed by atoms with E-state index in [4.69, 9.17) is 0 Å². The zero-order valence-electron chi connectivity index (χ0n) is 9.54. The molecule has 0 spiro atoms. The summed E-state index contributed by atoms with van der Waals surface area (Å²) in [5, 5.41) is 0.775. The number of benzene rings is 1. The van der Waals surface area contributed by atoms with Crippen LogP contribution in [0.15, 0.2) is 53.9 Å². The predicted octanol–water partition coefficient (Wildman–Crippen LogP) is 2.80. The summed E-state index contributed by atoms with van der Waals surface area (Å²) in [6, 6.07) is 11.5. The van der Waals surface area contributed by atoms with Crippen molar-refractivity contribution >= 4 is 28.7 Å². The molecule has 0 atom stereocenters. The summed E-state index contributed by atoms with van der Waals surface area (Å²) in [4.78, 5) is 19.4. The molecule has 0 unspecified atom stereocenters. The maximum Gasteiger partial charge on any atom is 0.241 e. The molecule has 90 valence electrons. The standard InChI is InChI=1S/C13H11N3OS/c17-12(16-7-3-4-8-16)9-18-13-14-10-5-1-2-6-11(10)15-13/h1-8H,9H2,(H,14,15). The summed E-state index contributed by atoms with van der Waals surface area (Å²) < 4.78 is 1.58. The molecule has 0 aliphatic heterocycles. The fourth-order valence-electron chi connectivity index (χ4n) is 1.70. The monoisotopic (exact) mass is 257 g/mol. The number of hydrogen-bond donors (Lipinski definition) is 1. The molecule has 0 amide bonds. The van der Waals surface area contributed by atoms with Crippen LogP contribution in [0.1, 0.15) is 4.79 Å². The molecule has 0 saturated heterocycles. The molecule has 1 N–H and O–H groups in total. The van der Waals surface area contributed by atoms with Crippen LogP contribution in [0.4, 0.5) is 0 Å². The Morgan fingerprint density at radius 1 is 1.22 bits per heavy atom. The van der Waals surface area contributed by atoms with Crippen molar-refractivity contribution in [3.63, 3.8) is 0 Å². The molecule has 0 saturated carbocycles. The highest BCUT2D eigenvalue weighted by atomic mass is 32.2. The van der Waals surface area contributed by atoms with Crippen molar-refractivity contribution in [2.24, 2.45) is 0 Å². The first-order valence-electron chi connectivity index (χ1n) is 5.57. The molecule has 0 aliphatic rings. The number of aromatic nitrogens is 3. The molecule has 2 heterocycles. The van der Waals surface area contributed by atoms with Gasteiger partial charge in [-0.1, -0.05) is 23.9 Å². The number of aromatic amines is 1. The van der Waals surface area contributed by atoms with E-state index in [1.165, 1.54) is 11.8 Å². The minimum absolute atomic E-state index is 0.0467. The zero-order chi connectivity index (χ0) is 12.4. The lowest BCUT2D eigenvalue weighted by Crippen LogP contribution is -2.10. The highest BCUT2D eigenvalue weighted by Crippen LogP contribution is 2.19. The minimum atomic E-state index is 0.0467. The molecule has 0 fully saturated rings. The molecule has 2 aromatic heterocycles. The van der Waals surface area contributed by atoms with Crippen molar-refractivity contribution in [3.05, 3.63) is 48.8 Å². The molecule has 1 aromatic carbocycles. The van der Waals surface area contributed by atoms with E-state index in [1.54, 1.807) is 17.0 Å². The van der Waals surface area contributed by atoms with E-state index in [1.807, 2.05) is 36.4 Å². The Balaban J connectivity index is 1.71. The van der Waals surface area contributed by atoms with Gasteiger partial charge < -0.3 is 4.98 Å². The Labute approximate surface area is 108 Å². The second-order valence-electron chi connectivity index (χ2n) is 3.83. The molecule has 18 heavy (non-hydrogen) atoms. The number of H-pyrrole nitrogens is 1. The first-order chi connectivity index (χ1) is 8.83. The van der Waals surface area contributed by atoms with Crippen molar-refractivity contribution < 1.29 is 4.79 Å². The van der Waals surface area contributed by atoms with Gasteiger partial charge in [-0.2, -0.15) is 0 Å². The predicted molar refractivity (Wildman–Crippen MR) is 71.9 cm³/mol. The normalized spacial score (nSPS) is 10.9. The highest BCUT2D eigenvalue weighted by molar-refractivity contribution is 7.99. The number of nitrogens with zero attached hydrogens (tertiary/aromatic N) is 2. The van der Waals surface area contributed by atoms with Gasteiger partial charge in [0.2, 0.25) is 5.91 Å². The van der Waals surface area contributed by atoms with E-state index in [2.05, 4.69) is 9.97 Å². The molecule has 4 nitrogen and oxygen atoms in total. The van der Waals surface area contributed by atoms with Gasteiger partial charge in [-0.3, -0.25) is 9.36 Å². The van der Waals surface area contributed by atoms with Gasteiger partial charge in [-0.15, -0.1) is 0 Å². The Bertz CT molecular complexity index is 639. The highest BCUT2D eigenvalue weighted by Gasteiger charge is 2.07. The molecule has 0 bridgehead atoms. The van der Waals surface area contributed by atoms with Crippen LogP contribution >= 0.6 is 11.8 Å². The number of nitrogens with one attached hydrogen (secondary N) is 1. The summed E-state index contributed by atoms with van der Waals surface area (Å²) in [7, 11) is 0. The van der Waals surface area contributed by atoms with Crippen LogP contribution in [0.5, 0.6) is 0 Å². The lowest BCUT2D eigenvalue weighted by atomic mass is 10.3. The second kappa shape index (κ2) is 4.70. The van der Waals surface area contributed by atoms with Crippen LogP contribution in [-0.2, 0) is 0 Å². The third-order valence-electron chi connectivity index (χ3n) is 2.59. The maximum atomic E-state index is 11.8. The van der Waals surface area contributed by atoms with Crippen molar-refractivity contribution in [2.45, 2.75) is 5.16 Å². The molecule has 0 aliphatic carbocycles. The lowest BCUT2D eigenvalue weighted by Gasteiger charge is -1.99. The van der Waals surface area contributed by atoms with Crippen molar-refractivity contribution in [1.82, 2.24) is 14.5 Å². The fourth-order valence-corrected chi connectivity index (χ4v) is 2.46. The van der Waals surface area contributed by atoms with Gasteiger partial charge >= 0.3 is 0 Å². The van der Waals surface area contributed by atoms with Gasteiger partial charge in [0.15, 0.2) is 5.16 Å². The van der Waals surface area contributed by atoms with E-state index < -0.39 is 0 Å². The number of hydrogen-bond acceptors (Lipinski definition) is 3. The molecule has 3 rings (SSSR count). The molecule has 3 aromatic rings. The van der Waals surface area contributed by atoms with Crippen LogP contribution in [-0.4, -0.2) is 26.2 Å². The van der Waals surface area contributed by atoms with Crippen molar-refractivity contribution in [3.8, 4) is 0 Å². The van der Waals surface area contributed by atoms with E-state index in [-0.39, 0.29) is 5.91 Å². The molecule has 0 radical (unpaired) electrons. The SMILES string of the molecule is O=C(CSc1nc2ccccc2[nH]1)n1cccc1. The number of carbonyl (C=O) groups excluding carboxylic acids is 1. The third-order valence-corrected chi connectivity index (χ3v) is 3.45. The largest absolute Gasteiger partial charge is 0.333 e. The summed E-state index contributed by atoms with van der Waals surface area (Å²) in [6.45, 7) is 0. The second-order valence-corrected chi connectivity index (χ2v) is 4.80. The lowest BCUT2D eigenvalue weighted by molar-refractivity contribution is 0.0942. The van der Waals surface area contributed by atoms with Gasteiger partial charge in [-0.05, 0) is 24.3 Å². The van der Waals surface area contributed by atoms with Gasteiger partial charge in [-0.25, -0.2) is 4.98 Å². The van der Waals surface area contributed by atoms with Crippen LogP contribution in [0.2, 0.25) is 0 Å². The quantitative estimate of drug-likeness (QED) is 0.734. The Hall–Kier alpha value is -2.01. The first-order valence-corrected chi connectivity index (χ1v) is 6.55. The van der Waals surface area contributed by atoms with Crippen molar-refractivity contribution in [2.75, 3.05) is 5.75 Å². The van der Waals surface area contributed by atoms with Crippen LogP contribution < -0.4 is 0 Å². The average molecular weight is 257 g/mol. The zero-order valence-corrected chi connectivity index (χ0v) is 10.4. The summed E-state index contributed by atoms with van der Waals surface area (Å²) in [6.07, 6.45) is 3.50. The molecule has 5 heteroatoms. The van der Waals surface area contributed by atoms with Crippen molar-refractivity contribution in [1.29, 1.82) is 0 Å². The number of imidazole rings is 1. The fraction of sp³-hybridized carbons (Fsp3) is 0.0769.